The van der Waals surface area contributed by atoms with E-state index in [2.05, 4.69) is 5.32 Å². The van der Waals surface area contributed by atoms with Gasteiger partial charge in [0.25, 0.3) is 0 Å². The maximum atomic E-state index is 13.3. The maximum absolute atomic E-state index is 13.3. The van der Waals surface area contributed by atoms with Crippen molar-refractivity contribution in [3.63, 3.8) is 0 Å². The van der Waals surface area contributed by atoms with Gasteiger partial charge in [0.1, 0.15) is 11.9 Å². The highest BCUT2D eigenvalue weighted by Gasteiger charge is 2.13. The van der Waals surface area contributed by atoms with E-state index in [1.165, 1.54) is 6.07 Å². The largest absolute Gasteiger partial charge is 0.480 e. The maximum Gasteiger partial charge on any atom is 0.320 e. The van der Waals surface area contributed by atoms with Crippen molar-refractivity contribution in [3.8, 4) is 0 Å². The number of aryl methyl sites for hydroxylation is 1. The lowest BCUT2D eigenvalue weighted by Crippen LogP contribution is -2.40. The molecule has 0 amide bonds. The highest BCUT2D eigenvalue weighted by atomic mass is 19.1. The Hall–Kier alpha value is -1.42. The third-order valence-electron chi connectivity index (χ3n) is 2.71. The van der Waals surface area contributed by atoms with Gasteiger partial charge in [0.15, 0.2) is 0 Å². The Morgan fingerprint density at radius 3 is 2.65 bits per heavy atom. The van der Waals surface area contributed by atoms with Gasteiger partial charge in [-0.3, -0.25) is 4.79 Å². The molecule has 2 unspecified atom stereocenters. The Kier molecular flexibility index (Phi) is 5.10. The number of rotatable bonds is 6. The van der Waals surface area contributed by atoms with E-state index in [0.717, 1.165) is 0 Å². The molecule has 0 aromatic heterocycles. The third-order valence-corrected chi connectivity index (χ3v) is 2.71. The molecule has 0 aliphatic heterocycles. The average Bonchev–Trinajstić information content (AvgIpc) is 2.27. The molecule has 94 valence electrons. The topological polar surface area (TPSA) is 49.3 Å². The fraction of sp³-hybridized carbons (Fsp3) is 0.462. The van der Waals surface area contributed by atoms with Crippen LogP contribution in [0.5, 0.6) is 0 Å². The monoisotopic (exact) mass is 239 g/mol. The van der Waals surface area contributed by atoms with E-state index in [1.807, 2.05) is 6.92 Å². The lowest BCUT2D eigenvalue weighted by molar-refractivity contribution is -0.139. The summed E-state index contributed by atoms with van der Waals surface area (Å²) in [6.45, 7) is 3.50. The van der Waals surface area contributed by atoms with Crippen molar-refractivity contribution in [1.82, 2.24) is 5.32 Å². The molecule has 0 bridgehead atoms. The molecule has 0 saturated heterocycles. The van der Waals surface area contributed by atoms with Crippen molar-refractivity contribution in [2.45, 2.75) is 38.8 Å². The second-order valence-electron chi connectivity index (χ2n) is 4.26. The van der Waals surface area contributed by atoms with Gasteiger partial charge in [-0.2, -0.15) is 0 Å². The number of nitrogens with one attached hydrogen (secondary N) is 1. The Bertz CT molecular complexity index is 381. The second kappa shape index (κ2) is 6.35. The standard InChI is InChI=1S/C13H18FNO2/c1-9(15-10(2)13(16)17)7-8-11-5-3-4-6-12(11)14/h3-6,9-10,15H,7-8H2,1-2H3,(H,16,17). The third kappa shape index (κ3) is 4.53. The molecular formula is C13H18FNO2. The van der Waals surface area contributed by atoms with Crippen molar-refractivity contribution in [2.24, 2.45) is 0 Å². The molecule has 4 heteroatoms. The number of hydrogen-bond acceptors (Lipinski definition) is 2. The molecule has 0 aliphatic rings. The van der Waals surface area contributed by atoms with Gasteiger partial charge in [-0.25, -0.2) is 4.39 Å². The first kappa shape index (κ1) is 13.6. The molecule has 0 aliphatic carbocycles. The van der Waals surface area contributed by atoms with Crippen molar-refractivity contribution in [2.75, 3.05) is 0 Å². The number of carboxylic acid groups (broad SMARTS) is 1. The Balaban J connectivity index is 2.41. The molecule has 0 heterocycles. The van der Waals surface area contributed by atoms with Gasteiger partial charge in [-0.1, -0.05) is 18.2 Å². The normalized spacial score (nSPS) is 14.3. The molecule has 1 rings (SSSR count). The predicted octanol–water partition coefficient (Wildman–Crippen LogP) is 2.21. The molecule has 2 N–H and O–H groups in total. The van der Waals surface area contributed by atoms with Gasteiger partial charge in [-0.05, 0) is 38.3 Å². The quantitative estimate of drug-likeness (QED) is 0.800. The first-order chi connectivity index (χ1) is 8.00. The summed E-state index contributed by atoms with van der Waals surface area (Å²) in [5, 5.41) is 11.7. The Morgan fingerprint density at radius 1 is 1.41 bits per heavy atom. The van der Waals surface area contributed by atoms with Crippen molar-refractivity contribution >= 4 is 5.97 Å². The van der Waals surface area contributed by atoms with Gasteiger partial charge < -0.3 is 10.4 Å². The van der Waals surface area contributed by atoms with Crippen molar-refractivity contribution < 1.29 is 14.3 Å². The molecule has 1 aromatic rings. The lowest BCUT2D eigenvalue weighted by Gasteiger charge is -2.17. The van der Waals surface area contributed by atoms with Crippen LogP contribution in [0.15, 0.2) is 24.3 Å². The van der Waals surface area contributed by atoms with E-state index < -0.39 is 12.0 Å². The fourth-order valence-corrected chi connectivity index (χ4v) is 1.65. The van der Waals surface area contributed by atoms with Gasteiger partial charge in [0, 0.05) is 6.04 Å². The summed E-state index contributed by atoms with van der Waals surface area (Å²) in [6, 6.07) is 6.12. The highest BCUT2D eigenvalue weighted by Crippen LogP contribution is 2.10. The summed E-state index contributed by atoms with van der Waals surface area (Å²) in [5.41, 5.74) is 0.670. The second-order valence-corrected chi connectivity index (χ2v) is 4.26. The number of halogens is 1. The number of aliphatic carboxylic acids is 1. The van der Waals surface area contributed by atoms with Gasteiger partial charge >= 0.3 is 5.97 Å². The van der Waals surface area contributed by atoms with Crippen LogP contribution in [0.4, 0.5) is 4.39 Å². The summed E-state index contributed by atoms with van der Waals surface area (Å²) < 4.78 is 13.3. The Morgan fingerprint density at radius 2 is 2.06 bits per heavy atom. The molecule has 0 radical (unpaired) electrons. The van der Waals surface area contributed by atoms with Gasteiger partial charge in [0.2, 0.25) is 0 Å². The first-order valence-electron chi connectivity index (χ1n) is 5.73. The SMILES string of the molecule is CC(CCc1ccccc1F)NC(C)C(=O)O. The number of hydrogen-bond donors (Lipinski definition) is 2. The minimum Gasteiger partial charge on any atom is -0.480 e. The highest BCUT2D eigenvalue weighted by molar-refractivity contribution is 5.72. The van der Waals surface area contributed by atoms with Crippen LogP contribution in [-0.4, -0.2) is 23.2 Å². The minimum atomic E-state index is -0.872. The molecule has 0 saturated carbocycles. The van der Waals surface area contributed by atoms with E-state index in [0.29, 0.717) is 18.4 Å². The zero-order valence-electron chi connectivity index (χ0n) is 10.1. The van der Waals surface area contributed by atoms with Crippen LogP contribution in [0.1, 0.15) is 25.8 Å². The van der Waals surface area contributed by atoms with Crippen LogP contribution in [0.3, 0.4) is 0 Å². The summed E-state index contributed by atoms with van der Waals surface area (Å²) in [4.78, 5) is 10.6. The number of carbonyl (C=O) groups is 1. The van der Waals surface area contributed by atoms with Crippen LogP contribution in [0.25, 0.3) is 0 Å². The van der Waals surface area contributed by atoms with Crippen LogP contribution in [0, 0.1) is 5.82 Å². The van der Waals surface area contributed by atoms with E-state index in [-0.39, 0.29) is 11.9 Å². The number of benzene rings is 1. The molecule has 3 nitrogen and oxygen atoms in total. The van der Waals surface area contributed by atoms with Crippen LogP contribution in [0.2, 0.25) is 0 Å². The average molecular weight is 239 g/mol. The van der Waals surface area contributed by atoms with Gasteiger partial charge in [-0.15, -0.1) is 0 Å². The van der Waals surface area contributed by atoms with Crippen LogP contribution in [-0.2, 0) is 11.2 Å². The number of carboxylic acids is 1. The lowest BCUT2D eigenvalue weighted by atomic mass is 10.1. The van der Waals surface area contributed by atoms with Crippen molar-refractivity contribution in [1.29, 1.82) is 0 Å². The summed E-state index contributed by atoms with van der Waals surface area (Å²) in [5.74, 6) is -1.08. The summed E-state index contributed by atoms with van der Waals surface area (Å²) in [7, 11) is 0. The van der Waals surface area contributed by atoms with E-state index >= 15 is 0 Å². The summed E-state index contributed by atoms with van der Waals surface area (Å²) >= 11 is 0. The van der Waals surface area contributed by atoms with E-state index in [1.54, 1.807) is 25.1 Å². The van der Waals surface area contributed by atoms with Crippen molar-refractivity contribution in [3.05, 3.63) is 35.6 Å². The zero-order chi connectivity index (χ0) is 12.8. The zero-order valence-corrected chi connectivity index (χ0v) is 10.1. The molecular weight excluding hydrogens is 221 g/mol. The molecule has 1 aromatic carbocycles. The molecule has 17 heavy (non-hydrogen) atoms. The summed E-state index contributed by atoms with van der Waals surface area (Å²) in [6.07, 6.45) is 1.31. The molecule has 0 spiro atoms. The first-order valence-corrected chi connectivity index (χ1v) is 5.73. The predicted molar refractivity (Wildman–Crippen MR) is 64.4 cm³/mol. The van der Waals surface area contributed by atoms with E-state index in [9.17, 15) is 9.18 Å². The van der Waals surface area contributed by atoms with Crippen LogP contribution < -0.4 is 5.32 Å². The fourth-order valence-electron chi connectivity index (χ4n) is 1.65. The van der Waals surface area contributed by atoms with Gasteiger partial charge in [0.05, 0.1) is 0 Å². The minimum absolute atomic E-state index is 0.0423. The molecule has 2 atom stereocenters. The van der Waals surface area contributed by atoms with Crippen LogP contribution >= 0.6 is 0 Å². The molecule has 0 fully saturated rings. The smallest absolute Gasteiger partial charge is 0.320 e. The Labute approximate surface area is 101 Å². The van der Waals surface area contributed by atoms with E-state index in [4.69, 9.17) is 5.11 Å².